The fourth-order valence-corrected chi connectivity index (χ4v) is 3.11. The fraction of sp³-hybridized carbons (Fsp3) is 0.667. The third kappa shape index (κ3) is 4.80. The van der Waals surface area contributed by atoms with Crippen molar-refractivity contribution in [2.75, 3.05) is 33.4 Å². The van der Waals surface area contributed by atoms with E-state index in [4.69, 9.17) is 4.74 Å². The molecule has 0 aliphatic carbocycles. The van der Waals surface area contributed by atoms with Crippen molar-refractivity contribution < 1.29 is 4.74 Å². The summed E-state index contributed by atoms with van der Waals surface area (Å²) >= 11 is 0. The molecule has 1 fully saturated rings. The Morgan fingerprint density at radius 2 is 1.95 bits per heavy atom. The van der Waals surface area contributed by atoms with Gasteiger partial charge in [0.2, 0.25) is 0 Å². The average Bonchev–Trinajstić information content (AvgIpc) is 2.95. The van der Waals surface area contributed by atoms with Crippen LogP contribution in [-0.2, 0) is 11.3 Å². The summed E-state index contributed by atoms with van der Waals surface area (Å²) in [6, 6.07) is 5.31. The molecule has 1 atom stereocenters. The Hall–Kier alpha value is -0.900. The zero-order valence-corrected chi connectivity index (χ0v) is 14.0. The van der Waals surface area contributed by atoms with Crippen LogP contribution in [0.5, 0.6) is 0 Å². The Bertz CT molecular complexity index is 453. The van der Waals surface area contributed by atoms with Gasteiger partial charge in [-0.2, -0.15) is 0 Å². The summed E-state index contributed by atoms with van der Waals surface area (Å²) in [6.45, 7) is 11.7. The molecule has 0 bridgehead atoms. The highest BCUT2D eigenvalue weighted by molar-refractivity contribution is 5.36. The average molecular weight is 290 g/mol. The Labute approximate surface area is 129 Å². The van der Waals surface area contributed by atoms with Gasteiger partial charge in [0.15, 0.2) is 0 Å². The van der Waals surface area contributed by atoms with E-state index in [1.165, 1.54) is 41.6 Å². The summed E-state index contributed by atoms with van der Waals surface area (Å²) in [5.41, 5.74) is 5.63. The van der Waals surface area contributed by atoms with Crippen molar-refractivity contribution in [1.29, 1.82) is 0 Å². The second-order valence-electron chi connectivity index (χ2n) is 6.38. The van der Waals surface area contributed by atoms with E-state index in [1.54, 1.807) is 7.11 Å². The summed E-state index contributed by atoms with van der Waals surface area (Å²) in [5.74, 6) is 0. The van der Waals surface area contributed by atoms with Crippen LogP contribution in [-0.4, -0.2) is 44.3 Å². The number of hydrogen-bond donors (Lipinski definition) is 1. The predicted molar refractivity (Wildman–Crippen MR) is 88.8 cm³/mol. The van der Waals surface area contributed by atoms with E-state index < -0.39 is 0 Å². The Balaban J connectivity index is 2.04. The fourth-order valence-electron chi connectivity index (χ4n) is 3.11. The quantitative estimate of drug-likeness (QED) is 0.836. The van der Waals surface area contributed by atoms with Gasteiger partial charge in [-0.15, -0.1) is 0 Å². The summed E-state index contributed by atoms with van der Waals surface area (Å²) in [7, 11) is 1.78. The van der Waals surface area contributed by atoms with Gasteiger partial charge in [0.1, 0.15) is 0 Å². The van der Waals surface area contributed by atoms with Gasteiger partial charge >= 0.3 is 0 Å². The van der Waals surface area contributed by atoms with Crippen LogP contribution in [0.3, 0.4) is 0 Å². The molecule has 1 unspecified atom stereocenters. The largest absolute Gasteiger partial charge is 0.383 e. The van der Waals surface area contributed by atoms with Crippen LogP contribution in [0.1, 0.15) is 35.1 Å². The Morgan fingerprint density at radius 1 is 1.19 bits per heavy atom. The lowest BCUT2D eigenvalue weighted by atomic mass is 10.0. The van der Waals surface area contributed by atoms with Crippen molar-refractivity contribution in [3.8, 4) is 0 Å². The van der Waals surface area contributed by atoms with Crippen LogP contribution in [0.15, 0.2) is 12.1 Å². The van der Waals surface area contributed by atoms with Gasteiger partial charge in [0.25, 0.3) is 0 Å². The van der Waals surface area contributed by atoms with Crippen LogP contribution in [0, 0.1) is 20.8 Å². The van der Waals surface area contributed by atoms with E-state index in [-0.39, 0.29) is 0 Å². The molecule has 1 aromatic carbocycles. The maximum absolute atomic E-state index is 5.29. The summed E-state index contributed by atoms with van der Waals surface area (Å²) in [4.78, 5) is 2.53. The number of benzene rings is 1. The van der Waals surface area contributed by atoms with Crippen LogP contribution in [0.25, 0.3) is 0 Å². The molecule has 1 aliphatic rings. The van der Waals surface area contributed by atoms with Gasteiger partial charge in [-0.25, -0.2) is 0 Å². The number of nitrogens with one attached hydrogen (secondary N) is 1. The van der Waals surface area contributed by atoms with Crippen molar-refractivity contribution in [3.05, 3.63) is 34.4 Å². The van der Waals surface area contributed by atoms with E-state index in [9.17, 15) is 0 Å². The first-order chi connectivity index (χ1) is 10.1. The van der Waals surface area contributed by atoms with Crippen molar-refractivity contribution >= 4 is 0 Å². The number of rotatable bonds is 7. The molecule has 118 valence electrons. The van der Waals surface area contributed by atoms with Gasteiger partial charge in [-0.05, 0) is 62.4 Å². The third-order valence-corrected chi connectivity index (χ3v) is 4.60. The van der Waals surface area contributed by atoms with E-state index in [0.717, 1.165) is 26.2 Å². The molecule has 1 aliphatic heterocycles. The van der Waals surface area contributed by atoms with Crippen molar-refractivity contribution in [2.45, 2.75) is 46.2 Å². The number of methoxy groups -OCH3 is 1. The number of ether oxygens (including phenoxy) is 1. The van der Waals surface area contributed by atoms with E-state index in [2.05, 4.69) is 43.1 Å². The van der Waals surface area contributed by atoms with E-state index in [0.29, 0.717) is 6.04 Å². The van der Waals surface area contributed by atoms with Crippen LogP contribution in [0.2, 0.25) is 0 Å². The number of nitrogens with zero attached hydrogens (tertiary/aromatic N) is 1. The minimum Gasteiger partial charge on any atom is -0.383 e. The number of hydrogen-bond acceptors (Lipinski definition) is 3. The molecule has 0 saturated carbocycles. The highest BCUT2D eigenvalue weighted by atomic mass is 16.5. The topological polar surface area (TPSA) is 24.5 Å². The van der Waals surface area contributed by atoms with Crippen LogP contribution < -0.4 is 5.32 Å². The molecule has 3 nitrogen and oxygen atoms in total. The summed E-state index contributed by atoms with van der Waals surface area (Å²) in [5, 5.41) is 3.60. The third-order valence-electron chi connectivity index (χ3n) is 4.60. The van der Waals surface area contributed by atoms with Crippen LogP contribution in [0.4, 0.5) is 0 Å². The Morgan fingerprint density at radius 3 is 2.62 bits per heavy atom. The smallest absolute Gasteiger partial charge is 0.0589 e. The zero-order chi connectivity index (χ0) is 15.2. The van der Waals surface area contributed by atoms with E-state index >= 15 is 0 Å². The van der Waals surface area contributed by atoms with Gasteiger partial charge in [0, 0.05) is 32.8 Å². The van der Waals surface area contributed by atoms with Gasteiger partial charge in [0.05, 0.1) is 6.61 Å². The molecule has 0 radical (unpaired) electrons. The number of aryl methyl sites for hydroxylation is 3. The van der Waals surface area contributed by atoms with Gasteiger partial charge < -0.3 is 10.1 Å². The van der Waals surface area contributed by atoms with Crippen molar-refractivity contribution in [3.63, 3.8) is 0 Å². The standard InChI is InChI=1S/C18H30N2O/c1-14-10-16(3)17(11-15(14)2)12-20(8-9-21-4)13-18-6-5-7-19-18/h10-11,18-19H,5-9,12-13H2,1-4H3. The SMILES string of the molecule is COCCN(Cc1cc(C)c(C)cc1C)CC1CCCN1. The molecule has 1 heterocycles. The molecule has 0 spiro atoms. The lowest BCUT2D eigenvalue weighted by molar-refractivity contribution is 0.138. The second kappa shape index (κ2) is 7.92. The minimum atomic E-state index is 0.647. The Kier molecular flexibility index (Phi) is 6.22. The highest BCUT2D eigenvalue weighted by Gasteiger charge is 2.18. The maximum Gasteiger partial charge on any atom is 0.0589 e. The molecular formula is C18H30N2O. The molecule has 21 heavy (non-hydrogen) atoms. The monoisotopic (exact) mass is 290 g/mol. The summed E-state index contributed by atoms with van der Waals surface area (Å²) < 4.78 is 5.29. The predicted octanol–water partition coefficient (Wildman–Crippen LogP) is 2.81. The maximum atomic E-state index is 5.29. The minimum absolute atomic E-state index is 0.647. The van der Waals surface area contributed by atoms with E-state index in [1.807, 2.05) is 0 Å². The van der Waals surface area contributed by atoms with Crippen LogP contribution >= 0.6 is 0 Å². The zero-order valence-electron chi connectivity index (χ0n) is 14.0. The van der Waals surface area contributed by atoms with Crippen molar-refractivity contribution in [2.24, 2.45) is 0 Å². The second-order valence-corrected chi connectivity index (χ2v) is 6.38. The molecule has 1 saturated heterocycles. The van der Waals surface area contributed by atoms with Gasteiger partial charge in [-0.1, -0.05) is 12.1 Å². The molecular weight excluding hydrogens is 260 g/mol. The lowest BCUT2D eigenvalue weighted by Gasteiger charge is -2.26. The lowest BCUT2D eigenvalue weighted by Crippen LogP contribution is -2.38. The highest BCUT2D eigenvalue weighted by Crippen LogP contribution is 2.18. The molecule has 3 heteroatoms. The molecule has 0 aromatic heterocycles. The molecule has 1 aromatic rings. The molecule has 2 rings (SSSR count). The first kappa shape index (κ1) is 16.5. The van der Waals surface area contributed by atoms with Gasteiger partial charge in [-0.3, -0.25) is 4.90 Å². The normalized spacial score (nSPS) is 18.6. The van der Waals surface area contributed by atoms with Crippen molar-refractivity contribution in [1.82, 2.24) is 10.2 Å². The first-order valence-electron chi connectivity index (χ1n) is 8.11. The first-order valence-corrected chi connectivity index (χ1v) is 8.11. The molecule has 1 N–H and O–H groups in total. The summed E-state index contributed by atoms with van der Waals surface area (Å²) in [6.07, 6.45) is 2.61. The molecule has 0 amide bonds.